The molecule has 1 heterocycles. The third-order valence-electron chi connectivity index (χ3n) is 7.43. The minimum absolute atomic E-state index is 0.900. The third-order valence-corrected chi connectivity index (χ3v) is 9.03. The van der Waals surface area contributed by atoms with E-state index in [-0.39, 0.29) is 0 Å². The van der Waals surface area contributed by atoms with Crippen LogP contribution in [0.25, 0.3) is 0 Å². The number of piperazine rings is 1. The summed E-state index contributed by atoms with van der Waals surface area (Å²) in [5.74, 6) is 0. The standard InChI is InChI=1S/C33H36N2OS/c1-24-13-15-28(26(3)21-24)23-29-9-5-6-10-30(29)34-17-19-35(20-18-34)31-11-7-8-12-33(31)37(36)32-16-14-25(2)22-27(32)4/h5-16,21-22H,17-20,23H2,1-4H3. The Hall–Kier alpha value is -3.21. The van der Waals surface area contributed by atoms with Crippen molar-refractivity contribution in [2.45, 2.75) is 43.9 Å². The van der Waals surface area contributed by atoms with E-state index in [0.717, 1.165) is 53.6 Å². The van der Waals surface area contributed by atoms with Crippen molar-refractivity contribution >= 4 is 22.6 Å². The lowest BCUT2D eigenvalue weighted by Gasteiger charge is -2.38. The molecular formula is C33H36N2OS. The number of aryl methyl sites for hydroxylation is 4. The van der Waals surface area contributed by atoms with Gasteiger partial charge in [0.2, 0.25) is 0 Å². The molecule has 1 aliphatic heterocycles. The quantitative estimate of drug-likeness (QED) is 0.263. The summed E-state index contributed by atoms with van der Waals surface area (Å²) in [5.41, 5.74) is 10.1. The lowest BCUT2D eigenvalue weighted by atomic mass is 9.97. The van der Waals surface area contributed by atoms with Crippen LogP contribution in [0.3, 0.4) is 0 Å². The molecule has 1 saturated heterocycles. The van der Waals surface area contributed by atoms with E-state index < -0.39 is 11.2 Å². The third kappa shape index (κ3) is 5.56. The molecule has 4 aromatic rings. The Labute approximate surface area is 224 Å². The minimum atomic E-state index is -1.21. The van der Waals surface area contributed by atoms with Gasteiger partial charge in [0, 0.05) is 48.6 Å². The maximum atomic E-state index is 13.7. The number of para-hydroxylation sites is 2. The fourth-order valence-corrected chi connectivity index (χ4v) is 6.78. The van der Waals surface area contributed by atoms with Gasteiger partial charge in [-0.15, -0.1) is 0 Å². The van der Waals surface area contributed by atoms with Crippen molar-refractivity contribution in [1.82, 2.24) is 0 Å². The number of hydrogen-bond acceptors (Lipinski definition) is 3. The fraction of sp³-hybridized carbons (Fsp3) is 0.273. The molecule has 0 saturated carbocycles. The molecular weight excluding hydrogens is 472 g/mol. The first kappa shape index (κ1) is 25.4. The molecule has 37 heavy (non-hydrogen) atoms. The van der Waals surface area contributed by atoms with Gasteiger partial charge in [-0.25, -0.2) is 0 Å². The van der Waals surface area contributed by atoms with Gasteiger partial charge in [0.05, 0.1) is 5.69 Å². The summed E-state index contributed by atoms with van der Waals surface area (Å²) in [5, 5.41) is 0. The molecule has 4 heteroatoms. The monoisotopic (exact) mass is 508 g/mol. The van der Waals surface area contributed by atoms with Gasteiger partial charge in [-0.1, -0.05) is 71.8 Å². The second kappa shape index (κ2) is 11.0. The van der Waals surface area contributed by atoms with E-state index in [9.17, 15) is 4.55 Å². The van der Waals surface area contributed by atoms with Crippen LogP contribution >= 0.6 is 0 Å². The number of anilines is 2. The molecule has 0 aromatic heterocycles. The van der Waals surface area contributed by atoms with Gasteiger partial charge in [0.15, 0.2) is 9.79 Å². The highest BCUT2D eigenvalue weighted by Crippen LogP contribution is 2.33. The first-order chi connectivity index (χ1) is 17.9. The van der Waals surface area contributed by atoms with Crippen LogP contribution in [0.2, 0.25) is 0 Å². The Morgan fingerprint density at radius 3 is 1.84 bits per heavy atom. The zero-order valence-electron chi connectivity index (χ0n) is 22.3. The van der Waals surface area contributed by atoms with Crippen molar-refractivity contribution in [3.8, 4) is 0 Å². The summed E-state index contributed by atoms with van der Waals surface area (Å²) in [6.45, 7) is 12.2. The van der Waals surface area contributed by atoms with Gasteiger partial charge < -0.3 is 14.4 Å². The highest BCUT2D eigenvalue weighted by atomic mass is 32.2. The lowest BCUT2D eigenvalue weighted by molar-refractivity contribution is 0.592. The Kier molecular flexibility index (Phi) is 7.59. The zero-order valence-corrected chi connectivity index (χ0v) is 23.1. The van der Waals surface area contributed by atoms with Crippen LogP contribution in [0.1, 0.15) is 33.4 Å². The Bertz CT molecular complexity index is 1390. The van der Waals surface area contributed by atoms with E-state index >= 15 is 0 Å². The highest BCUT2D eigenvalue weighted by Gasteiger charge is 2.27. The molecule has 1 fully saturated rings. The molecule has 0 bridgehead atoms. The molecule has 5 rings (SSSR count). The van der Waals surface area contributed by atoms with E-state index in [1.54, 1.807) is 0 Å². The van der Waals surface area contributed by atoms with Gasteiger partial charge in [-0.3, -0.25) is 0 Å². The largest absolute Gasteiger partial charge is 0.606 e. The summed E-state index contributed by atoms with van der Waals surface area (Å²) >= 11 is -1.21. The second-order valence-electron chi connectivity index (χ2n) is 10.2. The van der Waals surface area contributed by atoms with Crippen molar-refractivity contribution in [2.75, 3.05) is 36.0 Å². The highest BCUT2D eigenvalue weighted by molar-refractivity contribution is 7.91. The van der Waals surface area contributed by atoms with Gasteiger partial charge in [-0.2, -0.15) is 0 Å². The smallest absolute Gasteiger partial charge is 0.181 e. The SMILES string of the molecule is Cc1ccc(Cc2ccccc2N2CCN(c3ccccc3[S+]([O-])c3ccc(C)cc3C)CC2)c(C)c1. The number of hydrogen-bond donors (Lipinski definition) is 0. The van der Waals surface area contributed by atoms with Crippen molar-refractivity contribution in [3.05, 3.63) is 118 Å². The summed E-state index contributed by atoms with van der Waals surface area (Å²) < 4.78 is 13.7. The molecule has 190 valence electrons. The van der Waals surface area contributed by atoms with Crippen LogP contribution in [-0.2, 0) is 17.6 Å². The minimum Gasteiger partial charge on any atom is -0.606 e. The van der Waals surface area contributed by atoms with Crippen LogP contribution in [0.4, 0.5) is 11.4 Å². The van der Waals surface area contributed by atoms with E-state index in [2.05, 4.69) is 104 Å². The Morgan fingerprint density at radius 2 is 1.16 bits per heavy atom. The van der Waals surface area contributed by atoms with E-state index in [1.807, 2.05) is 18.2 Å². The molecule has 0 spiro atoms. The lowest BCUT2D eigenvalue weighted by Crippen LogP contribution is -2.47. The average molecular weight is 509 g/mol. The molecule has 1 unspecified atom stereocenters. The maximum Gasteiger partial charge on any atom is 0.181 e. The second-order valence-corrected chi connectivity index (χ2v) is 11.6. The fourth-order valence-electron chi connectivity index (χ4n) is 5.41. The number of rotatable bonds is 6. The van der Waals surface area contributed by atoms with Crippen molar-refractivity contribution in [3.63, 3.8) is 0 Å². The summed E-state index contributed by atoms with van der Waals surface area (Å²) in [6.07, 6.45) is 0.945. The van der Waals surface area contributed by atoms with Gasteiger partial charge >= 0.3 is 0 Å². The predicted octanol–water partition coefficient (Wildman–Crippen LogP) is 7.00. The first-order valence-electron chi connectivity index (χ1n) is 13.1. The van der Waals surface area contributed by atoms with E-state index in [0.29, 0.717) is 0 Å². The number of benzene rings is 4. The van der Waals surface area contributed by atoms with Crippen LogP contribution < -0.4 is 9.80 Å². The van der Waals surface area contributed by atoms with Crippen molar-refractivity contribution < 1.29 is 4.55 Å². The normalized spacial score (nSPS) is 14.6. The molecule has 0 radical (unpaired) electrons. The van der Waals surface area contributed by atoms with Crippen LogP contribution in [0.5, 0.6) is 0 Å². The summed E-state index contributed by atoms with van der Waals surface area (Å²) in [4.78, 5) is 6.72. The maximum absolute atomic E-state index is 13.7. The molecule has 1 aliphatic rings. The molecule has 4 aromatic carbocycles. The van der Waals surface area contributed by atoms with Gasteiger partial charge in [0.1, 0.15) is 0 Å². The van der Waals surface area contributed by atoms with Gasteiger partial charge in [0.25, 0.3) is 0 Å². The van der Waals surface area contributed by atoms with E-state index in [4.69, 9.17) is 0 Å². The molecule has 0 amide bonds. The van der Waals surface area contributed by atoms with E-state index in [1.165, 1.54) is 33.5 Å². The average Bonchev–Trinajstić information content (AvgIpc) is 2.90. The van der Waals surface area contributed by atoms with Crippen molar-refractivity contribution in [2.24, 2.45) is 0 Å². The predicted molar refractivity (Wildman–Crippen MR) is 157 cm³/mol. The molecule has 1 atom stereocenters. The number of nitrogens with zero attached hydrogens (tertiary/aromatic N) is 2. The summed E-state index contributed by atoms with van der Waals surface area (Å²) in [7, 11) is 0. The van der Waals surface area contributed by atoms with Gasteiger partial charge in [-0.05, 0) is 75.1 Å². The first-order valence-corrected chi connectivity index (χ1v) is 14.3. The topological polar surface area (TPSA) is 29.5 Å². The summed E-state index contributed by atoms with van der Waals surface area (Å²) in [6, 6.07) is 30.0. The Balaban J connectivity index is 1.34. The van der Waals surface area contributed by atoms with Crippen LogP contribution in [0, 0.1) is 27.7 Å². The zero-order chi connectivity index (χ0) is 25.9. The molecule has 0 aliphatic carbocycles. The molecule has 0 N–H and O–H groups in total. The van der Waals surface area contributed by atoms with Crippen molar-refractivity contribution in [1.29, 1.82) is 0 Å². The molecule has 3 nitrogen and oxygen atoms in total. The van der Waals surface area contributed by atoms with Crippen LogP contribution in [-0.4, -0.2) is 30.7 Å². The Morgan fingerprint density at radius 1 is 0.595 bits per heavy atom. The van der Waals surface area contributed by atoms with Crippen LogP contribution in [0.15, 0.2) is 94.7 Å².